The third-order valence-corrected chi connectivity index (χ3v) is 5.89. The van der Waals surface area contributed by atoms with Crippen molar-refractivity contribution in [2.45, 2.75) is 43.0 Å². The van der Waals surface area contributed by atoms with E-state index in [-0.39, 0.29) is 5.54 Å². The van der Waals surface area contributed by atoms with Crippen LogP contribution in [0, 0.1) is 17.2 Å². The molecule has 0 spiro atoms. The number of benzene rings is 1. The van der Waals surface area contributed by atoms with Gasteiger partial charge in [-0.3, -0.25) is 5.32 Å². The number of hydrogen-bond acceptors (Lipinski definition) is 3. The van der Waals surface area contributed by atoms with E-state index in [4.69, 9.17) is 23.2 Å². The lowest BCUT2D eigenvalue weighted by molar-refractivity contribution is 0.317. The van der Waals surface area contributed by atoms with Gasteiger partial charge in [0.25, 0.3) is 0 Å². The molecule has 1 saturated carbocycles. The summed E-state index contributed by atoms with van der Waals surface area (Å²) in [5.41, 5.74) is -0.326. The van der Waals surface area contributed by atoms with Gasteiger partial charge in [-0.25, -0.2) is 0 Å². The maximum absolute atomic E-state index is 9.56. The summed E-state index contributed by atoms with van der Waals surface area (Å²) in [5.74, 6) is 1.38. The number of nitrogens with one attached hydrogen (secondary N) is 1. The summed E-state index contributed by atoms with van der Waals surface area (Å²) in [5, 5.41) is 14.4. The highest BCUT2D eigenvalue weighted by Gasteiger charge is 2.41. The molecule has 0 bridgehead atoms. The van der Waals surface area contributed by atoms with E-state index in [2.05, 4.69) is 18.3 Å². The first-order chi connectivity index (χ1) is 10.1. The molecule has 1 aliphatic rings. The van der Waals surface area contributed by atoms with Crippen molar-refractivity contribution in [3.05, 3.63) is 28.2 Å². The van der Waals surface area contributed by atoms with Gasteiger partial charge < -0.3 is 0 Å². The molecule has 2 unspecified atom stereocenters. The van der Waals surface area contributed by atoms with Crippen molar-refractivity contribution in [1.82, 2.24) is 5.32 Å². The van der Waals surface area contributed by atoms with E-state index in [1.807, 2.05) is 12.1 Å². The molecule has 1 aromatic rings. The molecule has 1 fully saturated rings. The quantitative estimate of drug-likeness (QED) is 0.726. The zero-order valence-electron chi connectivity index (χ0n) is 12.2. The molecule has 0 aromatic heterocycles. The van der Waals surface area contributed by atoms with Crippen molar-refractivity contribution in [2.75, 3.05) is 12.3 Å². The molecule has 0 radical (unpaired) electrons. The highest BCUT2D eigenvalue weighted by atomic mass is 35.5. The Labute approximate surface area is 141 Å². The average molecular weight is 343 g/mol. The molecular formula is C16H20Cl2N2S. The Morgan fingerprint density at radius 2 is 2.29 bits per heavy atom. The van der Waals surface area contributed by atoms with Crippen LogP contribution in [-0.4, -0.2) is 17.8 Å². The van der Waals surface area contributed by atoms with Crippen LogP contribution < -0.4 is 5.32 Å². The lowest BCUT2D eigenvalue weighted by Gasteiger charge is -2.29. The summed E-state index contributed by atoms with van der Waals surface area (Å²) < 4.78 is 0. The minimum absolute atomic E-state index is 0.326. The van der Waals surface area contributed by atoms with E-state index in [1.165, 1.54) is 0 Å². The first kappa shape index (κ1) is 17.0. The molecule has 5 heteroatoms. The van der Waals surface area contributed by atoms with Gasteiger partial charge in [0.15, 0.2) is 0 Å². The first-order valence-electron chi connectivity index (χ1n) is 7.35. The van der Waals surface area contributed by atoms with Gasteiger partial charge in [-0.05, 0) is 55.7 Å². The molecule has 0 heterocycles. The minimum Gasteiger partial charge on any atom is -0.299 e. The standard InChI is InChI=1S/C16H20Cl2N2S/c1-2-20-16(11-19)8-3-4-12(16)7-9-21-15-10-13(17)5-6-14(15)18/h5-6,10,12,20H,2-4,7-9H2,1H3. The van der Waals surface area contributed by atoms with E-state index in [0.717, 1.165) is 47.9 Å². The largest absolute Gasteiger partial charge is 0.299 e. The van der Waals surface area contributed by atoms with E-state index in [0.29, 0.717) is 10.9 Å². The monoisotopic (exact) mass is 342 g/mol. The van der Waals surface area contributed by atoms with Crippen molar-refractivity contribution in [2.24, 2.45) is 5.92 Å². The van der Waals surface area contributed by atoms with E-state index in [9.17, 15) is 5.26 Å². The number of thioether (sulfide) groups is 1. The van der Waals surface area contributed by atoms with Crippen LogP contribution in [0.2, 0.25) is 10.0 Å². The maximum atomic E-state index is 9.56. The predicted octanol–water partition coefficient (Wildman–Crippen LogP) is 5.15. The second-order valence-corrected chi connectivity index (χ2v) is 7.39. The Kier molecular flexibility index (Phi) is 6.25. The van der Waals surface area contributed by atoms with Crippen molar-refractivity contribution < 1.29 is 0 Å². The van der Waals surface area contributed by atoms with Gasteiger partial charge in [0.05, 0.1) is 11.1 Å². The summed E-state index contributed by atoms with van der Waals surface area (Å²) in [4.78, 5) is 1.02. The third-order valence-electron chi connectivity index (χ3n) is 4.13. The van der Waals surface area contributed by atoms with Crippen LogP contribution in [0.25, 0.3) is 0 Å². The third kappa shape index (κ3) is 4.07. The second-order valence-electron chi connectivity index (χ2n) is 5.41. The maximum Gasteiger partial charge on any atom is 0.109 e. The molecule has 21 heavy (non-hydrogen) atoms. The zero-order chi connectivity index (χ0) is 15.3. The van der Waals surface area contributed by atoms with E-state index < -0.39 is 0 Å². The van der Waals surface area contributed by atoms with Gasteiger partial charge in [-0.15, -0.1) is 11.8 Å². The van der Waals surface area contributed by atoms with E-state index in [1.54, 1.807) is 17.8 Å². The summed E-state index contributed by atoms with van der Waals surface area (Å²) in [6.07, 6.45) is 4.25. The topological polar surface area (TPSA) is 35.8 Å². The van der Waals surface area contributed by atoms with Crippen molar-refractivity contribution in [3.63, 3.8) is 0 Å². The van der Waals surface area contributed by atoms with Crippen LogP contribution >= 0.6 is 35.0 Å². The molecule has 1 N–H and O–H groups in total. The van der Waals surface area contributed by atoms with Crippen LogP contribution in [0.4, 0.5) is 0 Å². The van der Waals surface area contributed by atoms with Gasteiger partial charge in [-0.2, -0.15) is 5.26 Å². The van der Waals surface area contributed by atoms with Gasteiger partial charge in [0, 0.05) is 9.92 Å². The molecule has 0 aliphatic heterocycles. The highest BCUT2D eigenvalue weighted by molar-refractivity contribution is 7.99. The molecule has 0 amide bonds. The second kappa shape index (κ2) is 7.74. The number of rotatable bonds is 6. The molecular weight excluding hydrogens is 323 g/mol. The van der Waals surface area contributed by atoms with Crippen molar-refractivity contribution in [3.8, 4) is 6.07 Å². The van der Waals surface area contributed by atoms with Crippen molar-refractivity contribution in [1.29, 1.82) is 5.26 Å². The Bertz CT molecular complexity index is 529. The Balaban J connectivity index is 1.93. The fourth-order valence-corrected chi connectivity index (χ4v) is 4.66. The van der Waals surface area contributed by atoms with Crippen LogP contribution in [0.3, 0.4) is 0 Å². The average Bonchev–Trinajstić information content (AvgIpc) is 2.86. The smallest absolute Gasteiger partial charge is 0.109 e. The van der Waals surface area contributed by atoms with Crippen molar-refractivity contribution >= 4 is 35.0 Å². The number of nitrogens with zero attached hydrogens (tertiary/aromatic N) is 1. The van der Waals surface area contributed by atoms with Gasteiger partial charge in [0.2, 0.25) is 0 Å². The number of hydrogen-bond donors (Lipinski definition) is 1. The predicted molar refractivity (Wildman–Crippen MR) is 91.2 cm³/mol. The summed E-state index contributed by atoms with van der Waals surface area (Å²) in [7, 11) is 0. The Hall–Kier alpha value is -0.400. The summed E-state index contributed by atoms with van der Waals surface area (Å²) in [6, 6.07) is 8.07. The number of halogens is 2. The fourth-order valence-electron chi connectivity index (χ4n) is 3.10. The molecule has 2 atom stereocenters. The van der Waals surface area contributed by atoms with Crippen LogP contribution in [0.1, 0.15) is 32.6 Å². The Morgan fingerprint density at radius 3 is 3.00 bits per heavy atom. The summed E-state index contributed by atoms with van der Waals surface area (Å²) >= 11 is 13.9. The van der Waals surface area contributed by atoms with Crippen LogP contribution in [0.15, 0.2) is 23.1 Å². The molecule has 2 nitrogen and oxygen atoms in total. The molecule has 1 aliphatic carbocycles. The highest BCUT2D eigenvalue weighted by Crippen LogP contribution is 2.39. The number of nitriles is 1. The lowest BCUT2D eigenvalue weighted by atomic mass is 9.86. The molecule has 0 saturated heterocycles. The Morgan fingerprint density at radius 1 is 1.48 bits per heavy atom. The zero-order valence-corrected chi connectivity index (χ0v) is 14.5. The van der Waals surface area contributed by atoms with Gasteiger partial charge in [-0.1, -0.05) is 36.5 Å². The van der Waals surface area contributed by atoms with Gasteiger partial charge >= 0.3 is 0 Å². The SMILES string of the molecule is CCNC1(C#N)CCCC1CCSc1cc(Cl)ccc1Cl. The van der Waals surface area contributed by atoms with E-state index >= 15 is 0 Å². The molecule has 114 valence electrons. The fraction of sp³-hybridized carbons (Fsp3) is 0.562. The molecule has 2 rings (SSSR count). The minimum atomic E-state index is -0.326. The first-order valence-corrected chi connectivity index (χ1v) is 9.09. The lowest BCUT2D eigenvalue weighted by Crippen LogP contribution is -2.47. The van der Waals surface area contributed by atoms with Gasteiger partial charge in [0.1, 0.15) is 5.54 Å². The van der Waals surface area contributed by atoms with Crippen LogP contribution in [-0.2, 0) is 0 Å². The normalized spacial score (nSPS) is 25.0. The summed E-state index contributed by atoms with van der Waals surface area (Å²) in [6.45, 7) is 2.91. The van der Waals surface area contributed by atoms with Crippen LogP contribution in [0.5, 0.6) is 0 Å². The molecule has 1 aromatic carbocycles.